The molecule has 0 aromatic heterocycles. The average molecular weight is 248 g/mol. The smallest absolute Gasteiger partial charge is 0.271 e. The summed E-state index contributed by atoms with van der Waals surface area (Å²) in [5, 5.41) is 10.9. The predicted octanol–water partition coefficient (Wildman–Crippen LogP) is 3.39. The molecule has 0 N–H and O–H groups in total. The Morgan fingerprint density at radius 2 is 2.28 bits per heavy atom. The number of anilines is 1. The summed E-state index contributed by atoms with van der Waals surface area (Å²) in [4.78, 5) is 12.9. The molecule has 0 radical (unpaired) electrons. The van der Waals surface area contributed by atoms with Gasteiger partial charge in [0, 0.05) is 30.9 Å². The van der Waals surface area contributed by atoms with Gasteiger partial charge in [0.05, 0.1) is 4.92 Å². The number of fused-ring (bicyclic) bond motifs is 1. The first-order valence-corrected chi connectivity index (χ1v) is 6.64. The number of hydrogen-bond donors (Lipinski definition) is 0. The van der Waals surface area contributed by atoms with Crippen molar-refractivity contribution in [3.63, 3.8) is 0 Å². The zero-order valence-corrected chi connectivity index (χ0v) is 11.1. The van der Waals surface area contributed by atoms with Crippen molar-refractivity contribution in [1.29, 1.82) is 0 Å². The van der Waals surface area contributed by atoms with Crippen LogP contribution in [0.15, 0.2) is 18.2 Å². The number of nitrogens with zero attached hydrogens (tertiary/aromatic N) is 2. The van der Waals surface area contributed by atoms with Crippen molar-refractivity contribution in [2.24, 2.45) is 5.92 Å². The van der Waals surface area contributed by atoms with Gasteiger partial charge in [0.2, 0.25) is 0 Å². The van der Waals surface area contributed by atoms with Crippen LogP contribution in [-0.2, 0) is 6.42 Å². The van der Waals surface area contributed by atoms with E-state index in [1.807, 2.05) is 6.07 Å². The van der Waals surface area contributed by atoms with E-state index in [-0.39, 0.29) is 10.6 Å². The summed E-state index contributed by atoms with van der Waals surface area (Å²) in [5.74, 6) is 0.621. The molecule has 1 aliphatic rings. The Hall–Kier alpha value is -1.58. The Morgan fingerprint density at radius 1 is 1.50 bits per heavy atom. The van der Waals surface area contributed by atoms with Crippen LogP contribution in [0.2, 0.25) is 0 Å². The first-order valence-electron chi connectivity index (χ1n) is 6.64. The monoisotopic (exact) mass is 248 g/mol. The van der Waals surface area contributed by atoms with Crippen LogP contribution in [-0.4, -0.2) is 18.0 Å². The van der Waals surface area contributed by atoms with Gasteiger partial charge in [-0.05, 0) is 24.3 Å². The maximum Gasteiger partial charge on any atom is 0.271 e. The van der Waals surface area contributed by atoms with Gasteiger partial charge in [-0.1, -0.05) is 26.3 Å². The Bertz CT molecular complexity index is 445. The summed E-state index contributed by atoms with van der Waals surface area (Å²) in [5.41, 5.74) is 2.51. The van der Waals surface area contributed by atoms with Gasteiger partial charge in [-0.3, -0.25) is 10.1 Å². The Balaban J connectivity index is 2.28. The summed E-state index contributed by atoms with van der Waals surface area (Å²) in [6, 6.07) is 5.26. The van der Waals surface area contributed by atoms with E-state index in [0.717, 1.165) is 38.0 Å². The molecule has 0 spiro atoms. The zero-order chi connectivity index (χ0) is 13.1. The molecule has 18 heavy (non-hydrogen) atoms. The minimum absolute atomic E-state index is 0.199. The van der Waals surface area contributed by atoms with Crippen molar-refractivity contribution in [2.45, 2.75) is 33.1 Å². The number of rotatable bonds is 4. The lowest BCUT2D eigenvalue weighted by atomic mass is 9.99. The number of nitro benzene ring substituents is 1. The lowest BCUT2D eigenvalue weighted by molar-refractivity contribution is -0.384. The van der Waals surface area contributed by atoms with Gasteiger partial charge in [-0.2, -0.15) is 0 Å². The number of hydrogen-bond acceptors (Lipinski definition) is 3. The largest absolute Gasteiger partial charge is 0.371 e. The Morgan fingerprint density at radius 3 is 2.94 bits per heavy atom. The molecule has 0 fully saturated rings. The fourth-order valence-corrected chi connectivity index (χ4v) is 2.45. The second-order valence-corrected chi connectivity index (χ2v) is 5.13. The molecule has 0 aliphatic carbocycles. The van der Waals surface area contributed by atoms with Crippen LogP contribution in [0.5, 0.6) is 0 Å². The van der Waals surface area contributed by atoms with Gasteiger partial charge < -0.3 is 4.90 Å². The van der Waals surface area contributed by atoms with Crippen LogP contribution in [0.4, 0.5) is 11.4 Å². The fraction of sp³-hybridized carbons (Fsp3) is 0.571. The van der Waals surface area contributed by atoms with E-state index in [4.69, 9.17) is 0 Å². The second kappa shape index (κ2) is 5.38. The van der Waals surface area contributed by atoms with Crippen LogP contribution in [0.3, 0.4) is 0 Å². The topological polar surface area (TPSA) is 46.4 Å². The highest BCUT2D eigenvalue weighted by molar-refractivity contribution is 5.60. The molecular weight excluding hydrogens is 228 g/mol. The van der Waals surface area contributed by atoms with Crippen molar-refractivity contribution in [3.8, 4) is 0 Å². The van der Waals surface area contributed by atoms with E-state index in [1.54, 1.807) is 12.1 Å². The predicted molar refractivity (Wildman–Crippen MR) is 73.1 cm³/mol. The summed E-state index contributed by atoms with van der Waals surface area (Å²) < 4.78 is 0. The molecule has 1 aromatic carbocycles. The normalized spacial score (nSPS) is 16.2. The molecule has 4 heteroatoms. The van der Waals surface area contributed by atoms with E-state index in [2.05, 4.69) is 18.7 Å². The molecule has 1 unspecified atom stereocenters. The molecule has 1 atom stereocenters. The lowest BCUT2D eigenvalue weighted by Crippen LogP contribution is -2.33. The van der Waals surface area contributed by atoms with Crippen LogP contribution < -0.4 is 4.90 Å². The van der Waals surface area contributed by atoms with E-state index >= 15 is 0 Å². The molecule has 0 saturated heterocycles. The Labute approximate surface area is 108 Å². The quantitative estimate of drug-likeness (QED) is 0.606. The summed E-state index contributed by atoms with van der Waals surface area (Å²) in [6.07, 6.45) is 3.31. The lowest BCUT2D eigenvalue weighted by Gasteiger charge is -2.33. The number of nitro groups is 1. The molecule has 98 valence electrons. The Kier molecular flexibility index (Phi) is 3.84. The van der Waals surface area contributed by atoms with Gasteiger partial charge in [0.15, 0.2) is 0 Å². The zero-order valence-electron chi connectivity index (χ0n) is 11.1. The highest BCUT2D eigenvalue weighted by Crippen LogP contribution is 2.31. The maximum atomic E-state index is 10.9. The van der Waals surface area contributed by atoms with E-state index in [1.165, 1.54) is 5.56 Å². The average Bonchev–Trinajstić information content (AvgIpc) is 2.38. The third kappa shape index (κ3) is 2.63. The van der Waals surface area contributed by atoms with E-state index in [9.17, 15) is 10.1 Å². The standard InChI is InChI=1S/C14H20N2O2/c1-3-11(2)10-15-8-4-5-12-6-7-13(16(17)18)9-14(12)15/h6-7,9,11H,3-5,8,10H2,1-2H3. The van der Waals surface area contributed by atoms with Crippen LogP contribution in [0.25, 0.3) is 0 Å². The van der Waals surface area contributed by atoms with E-state index < -0.39 is 0 Å². The van der Waals surface area contributed by atoms with Gasteiger partial charge in [0.1, 0.15) is 0 Å². The summed E-state index contributed by atoms with van der Waals surface area (Å²) in [6.45, 7) is 6.41. The maximum absolute atomic E-state index is 10.9. The first kappa shape index (κ1) is 12.9. The van der Waals surface area contributed by atoms with Crippen molar-refractivity contribution in [3.05, 3.63) is 33.9 Å². The minimum Gasteiger partial charge on any atom is -0.371 e. The van der Waals surface area contributed by atoms with Crippen LogP contribution >= 0.6 is 0 Å². The van der Waals surface area contributed by atoms with Crippen LogP contribution in [0.1, 0.15) is 32.3 Å². The molecule has 0 saturated carbocycles. The summed E-state index contributed by atoms with van der Waals surface area (Å²) in [7, 11) is 0. The molecule has 1 aromatic rings. The molecule has 4 nitrogen and oxygen atoms in total. The molecular formula is C14H20N2O2. The third-order valence-corrected chi connectivity index (χ3v) is 3.72. The van der Waals surface area contributed by atoms with Crippen molar-refractivity contribution < 1.29 is 4.92 Å². The van der Waals surface area contributed by atoms with Gasteiger partial charge >= 0.3 is 0 Å². The van der Waals surface area contributed by atoms with Crippen molar-refractivity contribution >= 4 is 11.4 Å². The number of aryl methyl sites for hydroxylation is 1. The number of non-ortho nitro benzene ring substituents is 1. The molecule has 2 rings (SSSR count). The van der Waals surface area contributed by atoms with Gasteiger partial charge in [0.25, 0.3) is 5.69 Å². The van der Waals surface area contributed by atoms with E-state index in [0.29, 0.717) is 5.92 Å². The molecule has 1 heterocycles. The van der Waals surface area contributed by atoms with Gasteiger partial charge in [-0.25, -0.2) is 0 Å². The highest BCUT2D eigenvalue weighted by atomic mass is 16.6. The van der Waals surface area contributed by atoms with Crippen molar-refractivity contribution in [1.82, 2.24) is 0 Å². The van der Waals surface area contributed by atoms with Gasteiger partial charge in [-0.15, -0.1) is 0 Å². The third-order valence-electron chi connectivity index (χ3n) is 3.72. The van der Waals surface area contributed by atoms with Crippen molar-refractivity contribution in [2.75, 3.05) is 18.0 Å². The minimum atomic E-state index is -0.309. The fourth-order valence-electron chi connectivity index (χ4n) is 2.45. The molecule has 0 amide bonds. The SMILES string of the molecule is CCC(C)CN1CCCc2ccc([N+](=O)[O-])cc21. The second-order valence-electron chi connectivity index (χ2n) is 5.13. The van der Waals surface area contributed by atoms with Crippen LogP contribution in [0, 0.1) is 16.0 Å². The highest BCUT2D eigenvalue weighted by Gasteiger charge is 2.20. The molecule has 1 aliphatic heterocycles. The number of benzene rings is 1. The molecule has 0 bridgehead atoms. The summed E-state index contributed by atoms with van der Waals surface area (Å²) >= 11 is 0. The first-order chi connectivity index (χ1) is 8.61.